The first kappa shape index (κ1) is 10.0. The molecule has 0 aliphatic heterocycles. The van der Waals surface area contributed by atoms with E-state index in [1.54, 1.807) is 0 Å². The number of alkyl halides is 1. The predicted octanol–water partition coefficient (Wildman–Crippen LogP) is -0.127. The van der Waals surface area contributed by atoms with Crippen LogP contribution in [0.4, 0.5) is 0 Å². The number of hydrogen-bond acceptors (Lipinski definition) is 0. The van der Waals surface area contributed by atoms with E-state index in [-0.39, 0.29) is 21.2 Å². The third-order valence-corrected chi connectivity index (χ3v) is 3.89. The summed E-state index contributed by atoms with van der Waals surface area (Å²) in [7, 11) is 0. The maximum Gasteiger partial charge on any atom is 0.309 e. The molecule has 1 rings (SSSR count). The molecule has 0 amide bonds. The Labute approximate surface area is 85.6 Å². The van der Waals surface area contributed by atoms with Crippen molar-refractivity contribution in [2.45, 2.75) is 26.2 Å². The van der Waals surface area contributed by atoms with Crippen LogP contribution >= 0.6 is 0 Å². The van der Waals surface area contributed by atoms with Gasteiger partial charge in [-0.3, -0.25) is 0 Å². The Morgan fingerprint density at radius 2 is 1.50 bits per heavy atom. The zero-order valence-corrected chi connectivity index (χ0v) is 10.3. The summed E-state index contributed by atoms with van der Waals surface area (Å²) in [6.45, 7) is 6.76. The van der Waals surface area contributed by atoms with Crippen LogP contribution in [0.25, 0.3) is 0 Å². The van der Waals surface area contributed by atoms with E-state index in [9.17, 15) is 0 Å². The van der Waals surface area contributed by atoms with Crippen LogP contribution in [0.2, 0.25) is 0 Å². The summed E-state index contributed by atoms with van der Waals surface area (Å²) in [6, 6.07) is 9.07. The lowest BCUT2D eigenvalue weighted by Crippen LogP contribution is -3.60. The van der Waals surface area contributed by atoms with Crippen LogP contribution in [0, 0.1) is 3.57 Å². The molecule has 0 bridgehead atoms. The van der Waals surface area contributed by atoms with Crippen LogP contribution in [-0.4, -0.2) is 4.93 Å². The molecule has 0 aliphatic rings. The first-order valence-electron chi connectivity index (χ1n) is 4.14. The third-order valence-electron chi connectivity index (χ3n) is 1.93. The third kappa shape index (κ3) is 2.47. The Kier molecular flexibility index (Phi) is 3.16. The average Bonchev–Trinajstić information content (AvgIpc) is 2.03. The van der Waals surface area contributed by atoms with Gasteiger partial charge in [-0.05, 0) is 23.1 Å². The van der Waals surface area contributed by atoms with Gasteiger partial charge in [0.25, 0.3) is 0 Å². The Bertz CT molecular complexity index is 241. The van der Waals surface area contributed by atoms with E-state index in [4.69, 9.17) is 0 Å². The van der Waals surface area contributed by atoms with Gasteiger partial charge >= 0.3 is 21.2 Å². The van der Waals surface area contributed by atoms with Crippen molar-refractivity contribution in [3.8, 4) is 0 Å². The molecule has 0 aliphatic carbocycles. The summed E-state index contributed by atoms with van der Waals surface area (Å²) in [6.07, 6.45) is 0. The zero-order chi connectivity index (χ0) is 9.19. The first-order valence-corrected chi connectivity index (χ1v) is 7.37. The topological polar surface area (TPSA) is 0 Å². The second-order valence-corrected chi connectivity index (χ2v) is 6.27. The average molecular weight is 275 g/mol. The van der Waals surface area contributed by atoms with Crippen LogP contribution in [0.1, 0.15) is 26.3 Å². The Balaban J connectivity index is 2.93. The van der Waals surface area contributed by atoms with Gasteiger partial charge in [0.1, 0.15) is 4.93 Å². The van der Waals surface area contributed by atoms with Gasteiger partial charge in [0.2, 0.25) is 0 Å². The highest BCUT2D eigenvalue weighted by Crippen LogP contribution is 2.20. The van der Waals surface area contributed by atoms with Crippen LogP contribution in [0.15, 0.2) is 24.3 Å². The minimum atomic E-state index is 0.260. The smallest absolute Gasteiger partial charge is 0.0561 e. The number of rotatable bonds is 1. The van der Waals surface area contributed by atoms with Crippen LogP contribution in [0.3, 0.4) is 0 Å². The van der Waals surface area contributed by atoms with Gasteiger partial charge in [0.05, 0.1) is 0 Å². The number of halogens is 1. The highest BCUT2D eigenvalue weighted by atomic mass is 127. The molecule has 0 radical (unpaired) electrons. The van der Waals surface area contributed by atoms with Gasteiger partial charge in [-0.15, -0.1) is 0 Å². The molecule has 1 aromatic rings. The lowest BCUT2D eigenvalue weighted by molar-refractivity contribution is -0.597. The lowest BCUT2D eigenvalue weighted by Gasteiger charge is -2.18. The largest absolute Gasteiger partial charge is 0.309 e. The standard InChI is InChI=1S/C11H16I/c1-11(2,3)9-5-7-10(12-4)8-6-9/h5-8H,1-4H3/q+1. The van der Waals surface area contributed by atoms with Crippen molar-refractivity contribution in [1.29, 1.82) is 0 Å². The van der Waals surface area contributed by atoms with Crippen molar-refractivity contribution in [3.63, 3.8) is 0 Å². The van der Waals surface area contributed by atoms with Crippen molar-refractivity contribution in [1.82, 2.24) is 0 Å². The summed E-state index contributed by atoms with van der Waals surface area (Å²) >= 11 is 0.260. The molecule has 12 heavy (non-hydrogen) atoms. The summed E-state index contributed by atoms with van der Waals surface area (Å²) in [5.74, 6) is 0. The van der Waals surface area contributed by atoms with Gasteiger partial charge in [-0.1, -0.05) is 32.9 Å². The molecule has 0 saturated carbocycles. The van der Waals surface area contributed by atoms with Crippen LogP contribution in [-0.2, 0) is 5.41 Å². The van der Waals surface area contributed by atoms with E-state index in [0.29, 0.717) is 5.41 Å². The quantitative estimate of drug-likeness (QED) is 0.495. The molecule has 0 N–H and O–H groups in total. The number of hydrogen-bond donors (Lipinski definition) is 0. The second kappa shape index (κ2) is 3.77. The zero-order valence-electron chi connectivity index (χ0n) is 8.19. The van der Waals surface area contributed by atoms with Gasteiger partial charge in [-0.2, -0.15) is 0 Å². The first-order chi connectivity index (χ1) is 5.54. The molecule has 0 nitrogen and oxygen atoms in total. The van der Waals surface area contributed by atoms with E-state index < -0.39 is 0 Å². The predicted molar refractivity (Wildman–Crippen MR) is 49.8 cm³/mol. The Morgan fingerprint density at radius 3 is 1.83 bits per heavy atom. The van der Waals surface area contributed by atoms with Gasteiger partial charge < -0.3 is 0 Å². The Hall–Kier alpha value is -0.0500. The van der Waals surface area contributed by atoms with Gasteiger partial charge in [-0.25, -0.2) is 0 Å². The fourth-order valence-electron chi connectivity index (χ4n) is 1.08. The minimum absolute atomic E-state index is 0.260. The maximum atomic E-state index is 2.30. The van der Waals surface area contributed by atoms with Crippen molar-refractivity contribution < 1.29 is 21.2 Å². The monoisotopic (exact) mass is 275 g/mol. The van der Waals surface area contributed by atoms with E-state index in [0.717, 1.165) is 0 Å². The number of benzene rings is 1. The molecule has 0 atom stereocenters. The molecule has 1 aromatic carbocycles. The molecule has 0 aromatic heterocycles. The fraction of sp³-hybridized carbons (Fsp3) is 0.455. The molecule has 0 heterocycles. The van der Waals surface area contributed by atoms with Gasteiger partial charge in [0.15, 0.2) is 3.57 Å². The van der Waals surface area contributed by atoms with Crippen molar-refractivity contribution in [3.05, 3.63) is 33.4 Å². The fourth-order valence-corrected chi connectivity index (χ4v) is 2.15. The molecular weight excluding hydrogens is 259 g/mol. The molecule has 1 heteroatoms. The normalized spacial score (nSPS) is 11.7. The minimum Gasteiger partial charge on any atom is -0.0561 e. The molecule has 0 fully saturated rings. The van der Waals surface area contributed by atoms with Crippen molar-refractivity contribution in [2.75, 3.05) is 4.93 Å². The lowest BCUT2D eigenvalue weighted by atomic mass is 9.87. The maximum absolute atomic E-state index is 2.30. The summed E-state index contributed by atoms with van der Waals surface area (Å²) in [4.78, 5) is 2.30. The molecule has 0 unspecified atom stereocenters. The van der Waals surface area contributed by atoms with Crippen LogP contribution in [0.5, 0.6) is 0 Å². The molecule has 0 spiro atoms. The summed E-state index contributed by atoms with van der Waals surface area (Å²) < 4.78 is 1.53. The highest BCUT2D eigenvalue weighted by Gasteiger charge is 2.14. The molecular formula is C11H16I+. The Morgan fingerprint density at radius 1 is 1.00 bits per heavy atom. The molecule has 0 saturated heterocycles. The highest BCUT2D eigenvalue weighted by molar-refractivity contribution is 5.21. The SMILES string of the molecule is C[I+]c1ccc(C(C)(C)C)cc1. The summed E-state index contributed by atoms with van der Waals surface area (Å²) in [5, 5.41) is 0. The van der Waals surface area contributed by atoms with Crippen LogP contribution < -0.4 is 21.2 Å². The van der Waals surface area contributed by atoms with Gasteiger partial charge in [0, 0.05) is 0 Å². The summed E-state index contributed by atoms with van der Waals surface area (Å²) in [5.41, 5.74) is 1.73. The van der Waals surface area contributed by atoms with Crippen molar-refractivity contribution in [2.24, 2.45) is 0 Å². The van der Waals surface area contributed by atoms with Crippen molar-refractivity contribution >= 4 is 0 Å². The van der Waals surface area contributed by atoms with E-state index in [1.807, 2.05) is 0 Å². The second-order valence-electron chi connectivity index (χ2n) is 3.95. The van der Waals surface area contributed by atoms with E-state index in [2.05, 4.69) is 50.0 Å². The van der Waals surface area contributed by atoms with E-state index in [1.165, 1.54) is 9.13 Å². The van der Waals surface area contributed by atoms with E-state index >= 15 is 0 Å². The molecule has 66 valence electrons.